The number of halogens is 3. The van der Waals surface area contributed by atoms with E-state index in [4.69, 9.17) is 11.0 Å². The van der Waals surface area contributed by atoms with Gasteiger partial charge in [0.1, 0.15) is 11.8 Å². The largest absolute Gasteiger partial charge is 0.464 e. The van der Waals surface area contributed by atoms with Crippen LogP contribution in [0.15, 0.2) is 12.3 Å². The lowest BCUT2D eigenvalue weighted by molar-refractivity contribution is -0.387. The van der Waals surface area contributed by atoms with Crippen LogP contribution in [-0.4, -0.2) is 22.6 Å². The van der Waals surface area contributed by atoms with Gasteiger partial charge in [-0.2, -0.15) is 9.65 Å². The molecule has 2 N–H and O–H groups in total. The summed E-state index contributed by atoms with van der Waals surface area (Å²) < 4.78 is 45.6. The number of carbonyl (C=O) groups is 1. The summed E-state index contributed by atoms with van der Waals surface area (Å²) in [5.41, 5.74) is 2.05. The number of carbonyl (C=O) groups excluding carboxylic acids is 1. The Hall–Kier alpha value is -3.55. The van der Waals surface area contributed by atoms with Crippen LogP contribution >= 0.6 is 0 Å². The topological polar surface area (TPSA) is 124 Å². The molecule has 0 radical (unpaired) electrons. The molecular formula is C13H7F3N4O4. The Morgan fingerprint density at radius 2 is 2.04 bits per heavy atom. The first-order valence-electron chi connectivity index (χ1n) is 6.06. The number of nitrogens with zero attached hydrogens (tertiary/aromatic N) is 3. The van der Waals surface area contributed by atoms with Crippen LogP contribution in [0, 0.1) is 38.9 Å². The Balaban J connectivity index is 2.95. The number of nitriles is 1. The van der Waals surface area contributed by atoms with Crippen molar-refractivity contribution in [1.82, 2.24) is 4.57 Å². The van der Waals surface area contributed by atoms with Gasteiger partial charge in [-0.05, 0) is 0 Å². The Morgan fingerprint density at radius 1 is 1.42 bits per heavy atom. The summed E-state index contributed by atoms with van der Waals surface area (Å²) in [6.07, 6.45) is 0.848. The molecule has 0 fully saturated rings. The van der Waals surface area contributed by atoms with Crippen molar-refractivity contribution in [3.63, 3.8) is 0 Å². The fourth-order valence-electron chi connectivity index (χ4n) is 2.03. The minimum Gasteiger partial charge on any atom is -0.464 e. The second-order valence-corrected chi connectivity index (χ2v) is 4.39. The number of nitrogens with two attached hydrogens (primary N) is 1. The van der Waals surface area contributed by atoms with Crippen molar-refractivity contribution in [1.29, 1.82) is 5.26 Å². The zero-order valence-electron chi connectivity index (χ0n) is 11.8. The molecule has 8 nitrogen and oxygen atoms in total. The number of nitro groups is 1. The van der Waals surface area contributed by atoms with Crippen molar-refractivity contribution < 1.29 is 27.6 Å². The molecule has 124 valence electrons. The molecule has 0 aliphatic carbocycles. The van der Waals surface area contributed by atoms with E-state index in [1.165, 1.54) is 0 Å². The van der Waals surface area contributed by atoms with Gasteiger partial charge in [0.25, 0.3) is 0 Å². The second kappa shape index (κ2) is 5.92. The first kappa shape index (κ1) is 16.8. The number of anilines is 1. The lowest BCUT2D eigenvalue weighted by atomic mass is 10.2. The molecule has 24 heavy (non-hydrogen) atoms. The number of rotatable bonds is 3. The highest BCUT2D eigenvalue weighted by Crippen LogP contribution is 2.33. The van der Waals surface area contributed by atoms with Gasteiger partial charge >= 0.3 is 11.7 Å². The van der Waals surface area contributed by atoms with Crippen LogP contribution in [0.25, 0.3) is 5.69 Å². The second-order valence-electron chi connectivity index (χ2n) is 4.39. The molecule has 0 aliphatic heterocycles. The molecular weight excluding hydrogens is 333 g/mol. The van der Waals surface area contributed by atoms with E-state index < -0.39 is 51.1 Å². The van der Waals surface area contributed by atoms with E-state index in [2.05, 4.69) is 4.74 Å². The zero-order chi connectivity index (χ0) is 18.2. The number of benzene rings is 1. The third kappa shape index (κ3) is 2.39. The third-order valence-electron chi connectivity index (χ3n) is 3.10. The molecule has 0 amide bonds. The number of hydrogen-bond acceptors (Lipinski definition) is 6. The van der Waals surface area contributed by atoms with Crippen LogP contribution in [0.2, 0.25) is 0 Å². The van der Waals surface area contributed by atoms with E-state index in [0.717, 1.165) is 13.3 Å². The Morgan fingerprint density at radius 3 is 2.54 bits per heavy atom. The number of methoxy groups -OCH3 is 1. The minimum absolute atomic E-state index is 0.296. The van der Waals surface area contributed by atoms with Crippen molar-refractivity contribution in [2.75, 3.05) is 12.8 Å². The highest BCUT2D eigenvalue weighted by atomic mass is 19.2. The van der Waals surface area contributed by atoms with Crippen molar-refractivity contribution in [2.24, 2.45) is 0 Å². The molecule has 1 aromatic heterocycles. The average Bonchev–Trinajstić information content (AvgIpc) is 2.87. The number of ether oxygens (including phenoxy) is 1. The van der Waals surface area contributed by atoms with Gasteiger partial charge in [-0.1, -0.05) is 0 Å². The maximum atomic E-state index is 13.8. The van der Waals surface area contributed by atoms with Gasteiger partial charge in [0.05, 0.1) is 23.3 Å². The Kier molecular flexibility index (Phi) is 4.15. The van der Waals surface area contributed by atoms with E-state index in [1.807, 2.05) is 0 Å². The summed E-state index contributed by atoms with van der Waals surface area (Å²) in [7, 11) is 0.964. The Labute approximate surface area is 131 Å². The molecule has 0 spiro atoms. The molecule has 11 heteroatoms. The summed E-state index contributed by atoms with van der Waals surface area (Å²) in [4.78, 5) is 21.6. The normalized spacial score (nSPS) is 10.3. The summed E-state index contributed by atoms with van der Waals surface area (Å²) in [6, 6.07) is 1.92. The SMILES string of the molecule is COC(=O)c1c(N)c(C#N)cn1-c1cc(F)c(F)c(F)c1[N+](=O)[O-]. The number of aromatic nitrogens is 1. The highest BCUT2D eigenvalue weighted by Gasteiger charge is 2.32. The number of nitro benzene ring substituents is 1. The maximum absolute atomic E-state index is 13.8. The van der Waals surface area contributed by atoms with Gasteiger partial charge in [-0.15, -0.1) is 0 Å². The number of esters is 1. The van der Waals surface area contributed by atoms with Gasteiger partial charge in [-0.3, -0.25) is 10.1 Å². The van der Waals surface area contributed by atoms with Crippen LogP contribution in [0.3, 0.4) is 0 Å². The summed E-state index contributed by atoms with van der Waals surface area (Å²) in [5.74, 6) is -6.95. The molecule has 1 aromatic carbocycles. The monoisotopic (exact) mass is 340 g/mol. The minimum atomic E-state index is -2.06. The van der Waals surface area contributed by atoms with Gasteiger partial charge in [0, 0.05) is 12.3 Å². The quantitative estimate of drug-likeness (QED) is 0.394. The zero-order valence-corrected chi connectivity index (χ0v) is 11.8. The van der Waals surface area contributed by atoms with Crippen LogP contribution < -0.4 is 5.73 Å². The molecule has 0 atom stereocenters. The van der Waals surface area contributed by atoms with Crippen LogP contribution in [0.5, 0.6) is 0 Å². The molecule has 0 saturated carbocycles. The smallest absolute Gasteiger partial charge is 0.357 e. The molecule has 0 bridgehead atoms. The standard InChI is InChI=1S/C13H7F3N4O4/c1-24-13(21)12-10(18)5(3-17)4-19(12)7-2-6(14)8(15)9(16)11(7)20(22)23/h2,4H,18H2,1H3. The van der Waals surface area contributed by atoms with E-state index in [9.17, 15) is 28.1 Å². The third-order valence-corrected chi connectivity index (χ3v) is 3.10. The summed E-state index contributed by atoms with van der Waals surface area (Å²) >= 11 is 0. The van der Waals surface area contributed by atoms with Crippen molar-refractivity contribution >= 4 is 17.3 Å². The maximum Gasteiger partial charge on any atom is 0.357 e. The van der Waals surface area contributed by atoms with Crippen molar-refractivity contribution in [2.45, 2.75) is 0 Å². The molecule has 2 aromatic rings. The van der Waals surface area contributed by atoms with Gasteiger partial charge in [0.15, 0.2) is 11.5 Å². The molecule has 0 saturated heterocycles. The summed E-state index contributed by atoms with van der Waals surface area (Å²) in [5, 5.41) is 20.0. The molecule has 2 rings (SSSR count). The van der Waals surface area contributed by atoms with E-state index in [0.29, 0.717) is 10.6 Å². The fourth-order valence-corrected chi connectivity index (χ4v) is 2.03. The first-order valence-corrected chi connectivity index (χ1v) is 6.06. The number of nitrogen functional groups attached to an aromatic ring is 1. The highest BCUT2D eigenvalue weighted by molar-refractivity contribution is 5.96. The first-order chi connectivity index (χ1) is 11.2. The predicted octanol–water partition coefficient (Wildman–Crippen LogP) is 2.04. The van der Waals surface area contributed by atoms with Crippen molar-refractivity contribution in [3.05, 3.63) is 51.1 Å². The van der Waals surface area contributed by atoms with Gasteiger partial charge in [0.2, 0.25) is 11.6 Å². The average molecular weight is 340 g/mol. The van der Waals surface area contributed by atoms with Gasteiger partial charge in [-0.25, -0.2) is 13.6 Å². The fraction of sp³-hybridized carbons (Fsp3) is 0.0769. The molecule has 0 aliphatic rings. The summed E-state index contributed by atoms with van der Waals surface area (Å²) in [6.45, 7) is 0. The number of hydrogen-bond donors (Lipinski definition) is 1. The van der Waals surface area contributed by atoms with Crippen LogP contribution in [0.1, 0.15) is 16.1 Å². The van der Waals surface area contributed by atoms with Crippen molar-refractivity contribution in [3.8, 4) is 11.8 Å². The van der Waals surface area contributed by atoms with Crippen LogP contribution in [0.4, 0.5) is 24.5 Å². The Bertz CT molecular complexity index is 917. The van der Waals surface area contributed by atoms with Crippen LogP contribution in [-0.2, 0) is 4.74 Å². The van der Waals surface area contributed by atoms with E-state index in [-0.39, 0.29) is 5.56 Å². The molecule has 1 heterocycles. The van der Waals surface area contributed by atoms with E-state index >= 15 is 0 Å². The predicted molar refractivity (Wildman–Crippen MR) is 72.8 cm³/mol. The van der Waals surface area contributed by atoms with E-state index in [1.54, 1.807) is 6.07 Å². The molecule has 0 unspecified atom stereocenters. The lowest BCUT2D eigenvalue weighted by Gasteiger charge is -2.10. The van der Waals surface area contributed by atoms with Gasteiger partial charge < -0.3 is 15.0 Å². The lowest BCUT2D eigenvalue weighted by Crippen LogP contribution is -2.13.